The fourth-order valence-electron chi connectivity index (χ4n) is 2.09. The van der Waals surface area contributed by atoms with Crippen LogP contribution in [-0.4, -0.2) is 21.3 Å². The summed E-state index contributed by atoms with van der Waals surface area (Å²) >= 11 is 1.41. The van der Waals surface area contributed by atoms with Crippen molar-refractivity contribution in [2.45, 2.75) is 40.2 Å². The molecule has 0 bridgehead atoms. The van der Waals surface area contributed by atoms with E-state index in [9.17, 15) is 4.79 Å². The fraction of sp³-hybridized carbons (Fsp3) is 0.500. The molecule has 1 atom stereocenters. The summed E-state index contributed by atoms with van der Waals surface area (Å²) in [6.45, 7) is 8.89. The first-order valence-electron chi connectivity index (χ1n) is 6.88. The third-order valence-electron chi connectivity index (χ3n) is 3.34. The maximum atomic E-state index is 12.6. The van der Waals surface area contributed by atoms with Gasteiger partial charge in [-0.25, -0.2) is 0 Å². The van der Waals surface area contributed by atoms with Crippen molar-refractivity contribution in [1.82, 2.24) is 14.8 Å². The Morgan fingerprint density at radius 3 is 2.75 bits per heavy atom. The lowest BCUT2D eigenvalue weighted by molar-refractivity contribution is 0.503. The van der Waals surface area contributed by atoms with E-state index in [2.05, 4.69) is 29.4 Å². The number of pyridine rings is 1. The molecule has 2 rings (SSSR count). The largest absolute Gasteiger partial charge is 0.360 e. The molecule has 0 saturated heterocycles. The summed E-state index contributed by atoms with van der Waals surface area (Å²) in [6.07, 6.45) is 0.920. The van der Waals surface area contributed by atoms with Gasteiger partial charge >= 0.3 is 0 Å². The van der Waals surface area contributed by atoms with Crippen molar-refractivity contribution < 1.29 is 0 Å². The van der Waals surface area contributed by atoms with Gasteiger partial charge in [-0.2, -0.15) is 0 Å². The van der Waals surface area contributed by atoms with Crippen molar-refractivity contribution >= 4 is 16.5 Å². The normalized spacial score (nSPS) is 12.4. The molecule has 0 amide bonds. The minimum atomic E-state index is 0.0125. The van der Waals surface area contributed by atoms with Crippen LogP contribution in [0.3, 0.4) is 0 Å². The van der Waals surface area contributed by atoms with Gasteiger partial charge in [-0.05, 0) is 39.3 Å². The number of nitrogens with zero attached hydrogens (tertiary/aromatic N) is 3. The van der Waals surface area contributed by atoms with Crippen LogP contribution in [0.5, 0.6) is 0 Å². The maximum absolute atomic E-state index is 12.6. The van der Waals surface area contributed by atoms with E-state index in [1.165, 1.54) is 11.3 Å². The van der Waals surface area contributed by atoms with E-state index in [-0.39, 0.29) is 11.6 Å². The summed E-state index contributed by atoms with van der Waals surface area (Å²) in [5.41, 5.74) is 1.61. The highest BCUT2D eigenvalue weighted by Crippen LogP contribution is 2.24. The lowest BCUT2D eigenvalue weighted by atomic mass is 10.2. The zero-order valence-corrected chi connectivity index (χ0v) is 13.1. The molecule has 6 heteroatoms. The second-order valence-electron chi connectivity index (χ2n) is 4.76. The first-order valence-corrected chi connectivity index (χ1v) is 7.70. The van der Waals surface area contributed by atoms with Gasteiger partial charge in [-0.15, -0.1) is 10.2 Å². The molecular weight excluding hydrogens is 272 g/mol. The number of nitrogens with one attached hydrogen (secondary N) is 1. The number of hydrogen-bond acceptors (Lipinski definition) is 5. The lowest BCUT2D eigenvalue weighted by Gasteiger charge is -2.17. The lowest BCUT2D eigenvalue weighted by Crippen LogP contribution is -2.26. The van der Waals surface area contributed by atoms with Crippen molar-refractivity contribution in [2.24, 2.45) is 0 Å². The molecule has 0 aliphatic rings. The van der Waals surface area contributed by atoms with Crippen LogP contribution in [0.25, 0.3) is 10.6 Å². The molecule has 0 aliphatic carbocycles. The average molecular weight is 292 g/mol. The zero-order chi connectivity index (χ0) is 14.7. The summed E-state index contributed by atoms with van der Waals surface area (Å²) in [5.74, 6) is 0. The smallest absolute Gasteiger partial charge is 0.261 e. The van der Waals surface area contributed by atoms with Crippen LogP contribution in [0.15, 0.2) is 16.9 Å². The van der Waals surface area contributed by atoms with Crippen LogP contribution in [0, 0.1) is 6.92 Å². The van der Waals surface area contributed by atoms with Crippen molar-refractivity contribution in [3.63, 3.8) is 0 Å². The molecule has 0 spiro atoms. The van der Waals surface area contributed by atoms with Gasteiger partial charge in [-0.3, -0.25) is 4.79 Å². The first-order chi connectivity index (χ1) is 9.58. The molecular formula is C14H20N4OS. The molecule has 0 fully saturated rings. The molecule has 1 N–H and O–H groups in total. The van der Waals surface area contributed by atoms with E-state index >= 15 is 0 Å². The Morgan fingerprint density at radius 2 is 2.10 bits per heavy atom. The Labute approximate surface area is 122 Å². The average Bonchev–Trinajstić information content (AvgIpc) is 2.87. The van der Waals surface area contributed by atoms with Gasteiger partial charge in [0, 0.05) is 18.3 Å². The van der Waals surface area contributed by atoms with E-state index in [1.807, 2.05) is 30.5 Å². The molecule has 2 aromatic heterocycles. The highest BCUT2D eigenvalue weighted by Gasteiger charge is 2.15. The molecule has 0 saturated carbocycles. The summed E-state index contributed by atoms with van der Waals surface area (Å²) in [6, 6.07) is 3.99. The van der Waals surface area contributed by atoms with E-state index in [1.54, 1.807) is 0 Å². The van der Waals surface area contributed by atoms with Crippen LogP contribution in [0.2, 0.25) is 0 Å². The quantitative estimate of drug-likeness (QED) is 0.920. The fourth-order valence-corrected chi connectivity index (χ4v) is 2.92. The Balaban J connectivity index is 2.49. The highest BCUT2D eigenvalue weighted by atomic mass is 32.1. The predicted molar refractivity (Wildman–Crippen MR) is 83.5 cm³/mol. The Bertz CT molecular complexity index is 647. The standard InChI is InChI=1S/C14H20N4OS/c1-5-9(3)18-10(4)7-8-11(13(18)19)12-16-17-14(20-12)15-6-2/h7-9H,5-6H2,1-4H3,(H,15,17). The minimum Gasteiger partial charge on any atom is -0.360 e. The van der Waals surface area contributed by atoms with E-state index in [4.69, 9.17) is 0 Å². The molecule has 108 valence electrons. The number of hydrogen-bond donors (Lipinski definition) is 1. The molecule has 0 radical (unpaired) electrons. The van der Waals surface area contributed by atoms with Gasteiger partial charge in [0.25, 0.3) is 5.56 Å². The summed E-state index contributed by atoms with van der Waals surface area (Å²) < 4.78 is 1.84. The van der Waals surface area contributed by atoms with Crippen LogP contribution >= 0.6 is 11.3 Å². The van der Waals surface area contributed by atoms with Crippen LogP contribution in [-0.2, 0) is 0 Å². The van der Waals surface area contributed by atoms with E-state index in [0.717, 1.165) is 23.8 Å². The summed E-state index contributed by atoms with van der Waals surface area (Å²) in [5, 5.41) is 12.7. The minimum absolute atomic E-state index is 0.0125. The number of aromatic nitrogens is 3. The van der Waals surface area contributed by atoms with Crippen LogP contribution in [0.4, 0.5) is 5.13 Å². The molecule has 20 heavy (non-hydrogen) atoms. The Hall–Kier alpha value is -1.69. The van der Waals surface area contributed by atoms with E-state index in [0.29, 0.717) is 10.6 Å². The molecule has 5 nitrogen and oxygen atoms in total. The SMILES string of the molecule is CCNc1nnc(-c2ccc(C)n(C(C)CC)c2=O)s1. The van der Waals surface area contributed by atoms with Crippen LogP contribution < -0.4 is 10.9 Å². The number of rotatable bonds is 5. The zero-order valence-electron chi connectivity index (χ0n) is 12.3. The Morgan fingerprint density at radius 1 is 1.35 bits per heavy atom. The Kier molecular flexibility index (Phi) is 4.54. The third-order valence-corrected chi connectivity index (χ3v) is 4.25. The van der Waals surface area contributed by atoms with Gasteiger partial charge in [0.2, 0.25) is 5.13 Å². The summed E-state index contributed by atoms with van der Waals surface area (Å²) in [4.78, 5) is 12.6. The topological polar surface area (TPSA) is 59.8 Å². The third kappa shape index (κ3) is 2.75. The van der Waals surface area contributed by atoms with Gasteiger partial charge in [0.15, 0.2) is 5.01 Å². The molecule has 0 aliphatic heterocycles. The van der Waals surface area contributed by atoms with Crippen LogP contribution in [0.1, 0.15) is 38.9 Å². The second kappa shape index (κ2) is 6.17. The van der Waals surface area contributed by atoms with Gasteiger partial charge in [0.05, 0.1) is 5.56 Å². The monoisotopic (exact) mass is 292 g/mol. The van der Waals surface area contributed by atoms with Gasteiger partial charge < -0.3 is 9.88 Å². The second-order valence-corrected chi connectivity index (χ2v) is 5.74. The molecule has 2 aromatic rings. The number of anilines is 1. The van der Waals surface area contributed by atoms with Crippen molar-refractivity contribution in [3.8, 4) is 10.6 Å². The highest BCUT2D eigenvalue weighted by molar-refractivity contribution is 7.18. The number of aryl methyl sites for hydroxylation is 1. The van der Waals surface area contributed by atoms with E-state index < -0.39 is 0 Å². The van der Waals surface area contributed by atoms with Gasteiger partial charge in [0.1, 0.15) is 0 Å². The molecule has 2 heterocycles. The molecule has 1 unspecified atom stereocenters. The summed E-state index contributed by atoms with van der Waals surface area (Å²) in [7, 11) is 0. The molecule has 0 aromatic carbocycles. The predicted octanol–water partition coefficient (Wildman–Crippen LogP) is 3.08. The first kappa shape index (κ1) is 14.7. The maximum Gasteiger partial charge on any atom is 0.261 e. The van der Waals surface area contributed by atoms with Crippen molar-refractivity contribution in [2.75, 3.05) is 11.9 Å². The van der Waals surface area contributed by atoms with Crippen molar-refractivity contribution in [3.05, 3.63) is 28.2 Å². The van der Waals surface area contributed by atoms with Crippen molar-refractivity contribution in [1.29, 1.82) is 0 Å². The van der Waals surface area contributed by atoms with Gasteiger partial charge in [-0.1, -0.05) is 18.3 Å².